The monoisotopic (exact) mass is 318 g/mol. The van der Waals surface area contributed by atoms with E-state index in [2.05, 4.69) is 4.98 Å². The van der Waals surface area contributed by atoms with E-state index < -0.39 is 23.1 Å². The molecule has 0 spiro atoms. The Morgan fingerprint density at radius 3 is 2.57 bits per heavy atom. The van der Waals surface area contributed by atoms with Gasteiger partial charge in [0, 0.05) is 18.9 Å². The van der Waals surface area contributed by atoms with Crippen molar-refractivity contribution in [3.05, 3.63) is 59.9 Å². The highest BCUT2D eigenvalue weighted by molar-refractivity contribution is 5.94. The maximum absolute atomic E-state index is 13.8. The quantitative estimate of drug-likeness (QED) is 0.873. The van der Waals surface area contributed by atoms with Crippen molar-refractivity contribution in [3.8, 4) is 5.75 Å². The van der Waals surface area contributed by atoms with Crippen molar-refractivity contribution in [2.75, 3.05) is 13.1 Å². The largest absolute Gasteiger partial charge is 0.488 e. The van der Waals surface area contributed by atoms with E-state index in [4.69, 9.17) is 4.74 Å². The topological polar surface area (TPSA) is 42.4 Å². The number of halogens is 2. The zero-order valence-electron chi connectivity index (χ0n) is 12.4. The summed E-state index contributed by atoms with van der Waals surface area (Å²) in [4.78, 5) is 17.8. The summed E-state index contributed by atoms with van der Waals surface area (Å²) >= 11 is 0. The van der Waals surface area contributed by atoms with Gasteiger partial charge in [0.1, 0.15) is 29.1 Å². The molecule has 1 aliphatic heterocycles. The molecule has 2 aromatic rings. The number of pyridine rings is 1. The molecule has 6 heteroatoms. The van der Waals surface area contributed by atoms with Crippen LogP contribution in [0.2, 0.25) is 0 Å². The predicted molar refractivity (Wildman–Crippen MR) is 80.1 cm³/mol. The molecule has 4 nitrogen and oxygen atoms in total. The highest BCUT2D eigenvalue weighted by Crippen LogP contribution is 2.21. The van der Waals surface area contributed by atoms with E-state index >= 15 is 0 Å². The molecule has 0 aliphatic carbocycles. The van der Waals surface area contributed by atoms with Gasteiger partial charge in [-0.2, -0.15) is 0 Å². The van der Waals surface area contributed by atoms with Crippen molar-refractivity contribution in [1.29, 1.82) is 0 Å². The van der Waals surface area contributed by atoms with Gasteiger partial charge in [0.05, 0.1) is 6.54 Å². The van der Waals surface area contributed by atoms with Crippen molar-refractivity contribution >= 4 is 5.91 Å². The molecule has 0 N–H and O–H groups in total. The first-order valence-corrected chi connectivity index (χ1v) is 7.45. The normalized spacial score (nSPS) is 17.8. The number of likely N-dealkylation sites (tertiary alicyclic amines) is 1. The van der Waals surface area contributed by atoms with Gasteiger partial charge in [-0.15, -0.1) is 0 Å². The van der Waals surface area contributed by atoms with Crippen LogP contribution < -0.4 is 4.74 Å². The number of carbonyl (C=O) groups is 1. The zero-order valence-corrected chi connectivity index (χ0v) is 12.4. The molecule has 23 heavy (non-hydrogen) atoms. The summed E-state index contributed by atoms with van der Waals surface area (Å²) in [5.41, 5.74) is -0.503. The Hall–Kier alpha value is -2.50. The van der Waals surface area contributed by atoms with Crippen LogP contribution in [0.3, 0.4) is 0 Å². The summed E-state index contributed by atoms with van der Waals surface area (Å²) in [6.07, 6.45) is 4.54. The number of benzene rings is 1. The smallest absolute Gasteiger partial charge is 0.259 e. The molecule has 2 heterocycles. The van der Waals surface area contributed by atoms with Gasteiger partial charge in [0.15, 0.2) is 0 Å². The first-order chi connectivity index (χ1) is 11.1. The summed E-state index contributed by atoms with van der Waals surface area (Å²) in [6, 6.07) is 6.89. The number of carbonyl (C=O) groups excluding carboxylic acids is 1. The number of amides is 1. The molecule has 0 radical (unpaired) electrons. The van der Waals surface area contributed by atoms with Gasteiger partial charge in [-0.3, -0.25) is 9.78 Å². The van der Waals surface area contributed by atoms with Crippen LogP contribution in [0.15, 0.2) is 42.7 Å². The minimum absolute atomic E-state index is 0.204. The van der Waals surface area contributed by atoms with Gasteiger partial charge in [-0.05, 0) is 37.1 Å². The minimum Gasteiger partial charge on any atom is -0.488 e. The maximum atomic E-state index is 13.8. The van der Waals surface area contributed by atoms with E-state index in [0.29, 0.717) is 18.8 Å². The van der Waals surface area contributed by atoms with Crippen LogP contribution in [0.5, 0.6) is 5.75 Å². The molecule has 3 rings (SSSR count). The highest BCUT2D eigenvalue weighted by atomic mass is 19.1. The fourth-order valence-electron chi connectivity index (χ4n) is 2.69. The number of ether oxygens (including phenoxy) is 1. The number of nitrogens with zero attached hydrogens (tertiary/aromatic N) is 2. The van der Waals surface area contributed by atoms with Crippen LogP contribution in [0, 0.1) is 11.6 Å². The first-order valence-electron chi connectivity index (χ1n) is 7.45. The Morgan fingerprint density at radius 1 is 1.17 bits per heavy atom. The van der Waals surface area contributed by atoms with E-state index in [1.165, 1.54) is 11.0 Å². The number of hydrogen-bond donors (Lipinski definition) is 0. The number of hydrogen-bond acceptors (Lipinski definition) is 3. The molecule has 0 unspecified atom stereocenters. The molecule has 0 bridgehead atoms. The van der Waals surface area contributed by atoms with E-state index in [1.807, 2.05) is 0 Å². The van der Waals surface area contributed by atoms with E-state index in [-0.39, 0.29) is 6.10 Å². The Kier molecular flexibility index (Phi) is 4.50. The lowest BCUT2D eigenvalue weighted by Crippen LogP contribution is -2.44. The van der Waals surface area contributed by atoms with Crippen molar-refractivity contribution in [2.45, 2.75) is 18.9 Å². The third-order valence-corrected chi connectivity index (χ3v) is 3.79. The lowest BCUT2D eigenvalue weighted by Gasteiger charge is -2.33. The maximum Gasteiger partial charge on any atom is 0.259 e. The lowest BCUT2D eigenvalue weighted by molar-refractivity contribution is 0.0529. The molecule has 1 amide bonds. The summed E-state index contributed by atoms with van der Waals surface area (Å²) in [5.74, 6) is -1.65. The van der Waals surface area contributed by atoms with Gasteiger partial charge in [0.25, 0.3) is 5.91 Å². The molecular weight excluding hydrogens is 302 g/mol. The van der Waals surface area contributed by atoms with E-state index in [0.717, 1.165) is 25.0 Å². The predicted octanol–water partition coefficient (Wildman–Crippen LogP) is 3.04. The lowest BCUT2D eigenvalue weighted by atomic mass is 10.1. The van der Waals surface area contributed by atoms with Gasteiger partial charge in [-0.1, -0.05) is 6.07 Å². The van der Waals surface area contributed by atoms with Gasteiger partial charge in [0.2, 0.25) is 0 Å². The van der Waals surface area contributed by atoms with Crippen molar-refractivity contribution in [1.82, 2.24) is 9.88 Å². The van der Waals surface area contributed by atoms with Gasteiger partial charge < -0.3 is 9.64 Å². The third kappa shape index (κ3) is 3.47. The third-order valence-electron chi connectivity index (χ3n) is 3.79. The molecule has 1 fully saturated rings. The average Bonchev–Trinajstić information content (AvgIpc) is 2.56. The van der Waals surface area contributed by atoms with Gasteiger partial charge >= 0.3 is 0 Å². The van der Waals surface area contributed by atoms with Crippen molar-refractivity contribution < 1.29 is 18.3 Å². The van der Waals surface area contributed by atoms with Gasteiger partial charge in [-0.25, -0.2) is 8.78 Å². The second-order valence-electron chi connectivity index (χ2n) is 5.41. The summed E-state index contributed by atoms with van der Waals surface area (Å²) in [5, 5.41) is 0. The number of piperidine rings is 1. The standard InChI is InChI=1S/C17H16F2N2O2/c18-14-4-1-5-15(19)16(14)17(22)21-10-2-3-13(11-21)23-12-6-8-20-9-7-12/h1,4-9,13H,2-3,10-11H2/t13-/m1/s1. The second kappa shape index (κ2) is 6.73. The Balaban J connectivity index is 1.72. The Labute approximate surface area is 132 Å². The van der Waals surface area contributed by atoms with E-state index in [9.17, 15) is 13.6 Å². The van der Waals surface area contributed by atoms with E-state index in [1.54, 1.807) is 24.5 Å². The first kappa shape index (κ1) is 15.4. The fourth-order valence-corrected chi connectivity index (χ4v) is 2.69. The minimum atomic E-state index is -0.841. The molecule has 0 saturated carbocycles. The number of aromatic nitrogens is 1. The zero-order chi connectivity index (χ0) is 16.2. The Morgan fingerprint density at radius 2 is 1.87 bits per heavy atom. The van der Waals surface area contributed by atoms with Crippen molar-refractivity contribution in [3.63, 3.8) is 0 Å². The summed E-state index contributed by atoms with van der Waals surface area (Å²) in [7, 11) is 0. The summed E-state index contributed by atoms with van der Waals surface area (Å²) < 4.78 is 33.4. The van der Waals surface area contributed by atoms with Crippen molar-refractivity contribution in [2.24, 2.45) is 0 Å². The van der Waals surface area contributed by atoms with Crippen LogP contribution >= 0.6 is 0 Å². The van der Waals surface area contributed by atoms with Crippen LogP contribution in [-0.2, 0) is 0 Å². The molecule has 1 atom stereocenters. The SMILES string of the molecule is O=C(c1c(F)cccc1F)N1CCC[C@@H](Oc2ccncc2)C1. The molecular formula is C17H16F2N2O2. The highest BCUT2D eigenvalue weighted by Gasteiger charge is 2.28. The van der Waals surface area contributed by atoms with Crippen LogP contribution in [0.25, 0.3) is 0 Å². The average molecular weight is 318 g/mol. The van der Waals surface area contributed by atoms with Crippen LogP contribution in [0.4, 0.5) is 8.78 Å². The number of rotatable bonds is 3. The summed E-state index contributed by atoms with van der Waals surface area (Å²) in [6.45, 7) is 0.762. The fraction of sp³-hybridized carbons (Fsp3) is 0.294. The molecule has 1 aromatic carbocycles. The molecule has 1 aliphatic rings. The van der Waals surface area contributed by atoms with Crippen LogP contribution in [0.1, 0.15) is 23.2 Å². The molecule has 120 valence electrons. The molecule has 1 saturated heterocycles. The second-order valence-corrected chi connectivity index (χ2v) is 5.41. The van der Waals surface area contributed by atoms with Crippen LogP contribution in [-0.4, -0.2) is 35.0 Å². The Bertz CT molecular complexity index is 674. The molecule has 1 aromatic heterocycles.